The molecule has 1 aromatic rings. The summed E-state index contributed by atoms with van der Waals surface area (Å²) < 4.78 is 0. The highest BCUT2D eigenvalue weighted by atomic mass is 32.2. The van der Waals surface area contributed by atoms with Gasteiger partial charge in [0.25, 0.3) is 5.91 Å². The van der Waals surface area contributed by atoms with Crippen LogP contribution in [0.2, 0.25) is 0 Å². The van der Waals surface area contributed by atoms with E-state index in [1.807, 2.05) is 47.9 Å². The molecule has 1 unspecified atom stereocenters. The van der Waals surface area contributed by atoms with E-state index in [4.69, 9.17) is 0 Å². The quantitative estimate of drug-likeness (QED) is 0.726. The highest BCUT2D eigenvalue weighted by Crippen LogP contribution is 2.24. The highest BCUT2D eigenvalue weighted by Gasteiger charge is 2.26. The van der Waals surface area contributed by atoms with Crippen LogP contribution in [0.25, 0.3) is 0 Å². The van der Waals surface area contributed by atoms with Gasteiger partial charge in [-0.25, -0.2) is 0 Å². The number of hydrogen-bond acceptors (Lipinski definition) is 2. The molecule has 1 aliphatic rings. The van der Waals surface area contributed by atoms with Gasteiger partial charge in [0.2, 0.25) is 0 Å². The Morgan fingerprint density at radius 1 is 1.40 bits per heavy atom. The lowest BCUT2D eigenvalue weighted by molar-refractivity contribution is 0.0768. The fourth-order valence-corrected chi connectivity index (χ4v) is 2.75. The average molecular weight is 221 g/mol. The molecule has 1 aromatic carbocycles. The second-order valence-electron chi connectivity index (χ2n) is 3.83. The van der Waals surface area contributed by atoms with Crippen molar-refractivity contribution in [2.75, 3.05) is 12.3 Å². The van der Waals surface area contributed by atoms with Gasteiger partial charge in [0, 0.05) is 17.9 Å². The van der Waals surface area contributed by atoms with Gasteiger partial charge in [-0.1, -0.05) is 17.7 Å². The molecule has 2 rings (SSSR count). The van der Waals surface area contributed by atoms with Crippen molar-refractivity contribution >= 4 is 17.7 Å². The molecule has 0 saturated carbocycles. The Morgan fingerprint density at radius 2 is 2.07 bits per heavy atom. The number of hydrogen-bond donors (Lipinski definition) is 0. The fourth-order valence-electron chi connectivity index (χ4n) is 1.72. The third-order valence-electron chi connectivity index (χ3n) is 2.69. The molecular weight excluding hydrogens is 206 g/mol. The van der Waals surface area contributed by atoms with E-state index in [-0.39, 0.29) is 5.91 Å². The van der Waals surface area contributed by atoms with Crippen molar-refractivity contribution in [2.45, 2.75) is 19.2 Å². The normalized spacial score (nSPS) is 20.7. The molecule has 3 heteroatoms. The highest BCUT2D eigenvalue weighted by molar-refractivity contribution is 8.00. The van der Waals surface area contributed by atoms with Crippen LogP contribution in [0.1, 0.15) is 22.8 Å². The summed E-state index contributed by atoms with van der Waals surface area (Å²) in [5, 5.41) is 0.318. The van der Waals surface area contributed by atoms with Crippen LogP contribution in [0.15, 0.2) is 24.3 Å². The first kappa shape index (κ1) is 10.6. The molecule has 0 aliphatic carbocycles. The molecule has 1 aliphatic heterocycles. The molecule has 0 N–H and O–H groups in total. The van der Waals surface area contributed by atoms with Crippen molar-refractivity contribution in [3.05, 3.63) is 35.4 Å². The Bertz CT molecular complexity index is 360. The van der Waals surface area contributed by atoms with Gasteiger partial charge in [-0.15, -0.1) is 11.8 Å². The smallest absolute Gasteiger partial charge is 0.254 e. The number of thioether (sulfide) groups is 1. The summed E-state index contributed by atoms with van der Waals surface area (Å²) in [5.41, 5.74) is 1.99. The SMILES string of the molecule is Cc1ccc(C(=O)N2CCSC2C)cc1. The van der Waals surface area contributed by atoms with Crippen LogP contribution in [0.5, 0.6) is 0 Å². The predicted octanol–water partition coefficient (Wildman–Crippen LogP) is 2.53. The fraction of sp³-hybridized carbons (Fsp3) is 0.417. The Labute approximate surface area is 94.7 Å². The Hall–Kier alpha value is -0.960. The average Bonchev–Trinajstić information content (AvgIpc) is 2.65. The molecule has 1 amide bonds. The van der Waals surface area contributed by atoms with Crippen LogP contribution in [0.3, 0.4) is 0 Å². The topological polar surface area (TPSA) is 20.3 Å². The number of aryl methyl sites for hydroxylation is 1. The minimum atomic E-state index is 0.160. The van der Waals surface area contributed by atoms with Gasteiger partial charge in [-0.3, -0.25) is 4.79 Å². The molecule has 15 heavy (non-hydrogen) atoms. The maximum absolute atomic E-state index is 12.1. The van der Waals surface area contributed by atoms with Crippen molar-refractivity contribution in [1.29, 1.82) is 0 Å². The summed E-state index contributed by atoms with van der Waals surface area (Å²) in [5.74, 6) is 1.21. The van der Waals surface area contributed by atoms with Crippen LogP contribution in [-0.4, -0.2) is 28.5 Å². The summed E-state index contributed by atoms with van der Waals surface area (Å²) in [6, 6.07) is 7.79. The van der Waals surface area contributed by atoms with Crippen molar-refractivity contribution in [3.63, 3.8) is 0 Å². The third kappa shape index (κ3) is 2.17. The lowest BCUT2D eigenvalue weighted by Crippen LogP contribution is -2.33. The molecule has 80 valence electrons. The first-order valence-electron chi connectivity index (χ1n) is 5.18. The van der Waals surface area contributed by atoms with E-state index in [0.29, 0.717) is 5.37 Å². The number of rotatable bonds is 1. The van der Waals surface area contributed by atoms with Crippen LogP contribution in [0.4, 0.5) is 0 Å². The zero-order valence-electron chi connectivity index (χ0n) is 9.06. The standard InChI is InChI=1S/C12H15NOS/c1-9-3-5-11(6-4-9)12(14)13-7-8-15-10(13)2/h3-6,10H,7-8H2,1-2H3. The number of benzene rings is 1. The van der Waals surface area contributed by atoms with Crippen molar-refractivity contribution in [2.24, 2.45) is 0 Å². The largest absolute Gasteiger partial charge is 0.326 e. The number of carbonyl (C=O) groups excluding carboxylic acids is 1. The van der Waals surface area contributed by atoms with E-state index >= 15 is 0 Å². The van der Waals surface area contributed by atoms with Crippen molar-refractivity contribution in [1.82, 2.24) is 4.90 Å². The van der Waals surface area contributed by atoms with Gasteiger partial charge >= 0.3 is 0 Å². The van der Waals surface area contributed by atoms with E-state index in [9.17, 15) is 4.79 Å². The van der Waals surface area contributed by atoms with Gasteiger partial charge in [0.05, 0.1) is 5.37 Å². The van der Waals surface area contributed by atoms with Gasteiger partial charge in [-0.2, -0.15) is 0 Å². The van der Waals surface area contributed by atoms with E-state index in [2.05, 4.69) is 6.92 Å². The van der Waals surface area contributed by atoms with Crippen LogP contribution in [-0.2, 0) is 0 Å². The Kier molecular flexibility index (Phi) is 3.00. The van der Waals surface area contributed by atoms with Gasteiger partial charge in [-0.05, 0) is 26.0 Å². The summed E-state index contributed by atoms with van der Waals surface area (Å²) in [6.45, 7) is 4.99. The summed E-state index contributed by atoms with van der Waals surface area (Å²) >= 11 is 1.84. The van der Waals surface area contributed by atoms with E-state index in [0.717, 1.165) is 17.9 Å². The molecule has 1 heterocycles. The predicted molar refractivity (Wildman–Crippen MR) is 64.1 cm³/mol. The second kappa shape index (κ2) is 4.27. The number of amides is 1. The molecule has 0 aromatic heterocycles. The van der Waals surface area contributed by atoms with Gasteiger partial charge in [0.1, 0.15) is 0 Å². The summed E-state index contributed by atoms with van der Waals surface area (Å²) in [4.78, 5) is 14.0. The number of carbonyl (C=O) groups is 1. The molecule has 1 saturated heterocycles. The molecular formula is C12H15NOS. The molecule has 2 nitrogen and oxygen atoms in total. The summed E-state index contributed by atoms with van der Waals surface area (Å²) in [7, 11) is 0. The van der Waals surface area contributed by atoms with Crippen molar-refractivity contribution in [3.8, 4) is 0 Å². The lowest BCUT2D eigenvalue weighted by Gasteiger charge is -2.20. The second-order valence-corrected chi connectivity index (χ2v) is 5.26. The maximum atomic E-state index is 12.1. The number of nitrogens with zero attached hydrogens (tertiary/aromatic N) is 1. The minimum absolute atomic E-state index is 0.160. The Balaban J connectivity index is 2.17. The van der Waals surface area contributed by atoms with Crippen LogP contribution in [0, 0.1) is 6.92 Å². The van der Waals surface area contributed by atoms with E-state index in [1.54, 1.807) is 0 Å². The minimum Gasteiger partial charge on any atom is -0.326 e. The van der Waals surface area contributed by atoms with E-state index in [1.165, 1.54) is 5.56 Å². The first-order chi connectivity index (χ1) is 7.18. The van der Waals surface area contributed by atoms with Crippen molar-refractivity contribution < 1.29 is 4.79 Å². The van der Waals surface area contributed by atoms with Gasteiger partial charge < -0.3 is 4.90 Å². The first-order valence-corrected chi connectivity index (χ1v) is 6.22. The van der Waals surface area contributed by atoms with Crippen LogP contribution >= 0.6 is 11.8 Å². The van der Waals surface area contributed by atoms with Crippen LogP contribution < -0.4 is 0 Å². The van der Waals surface area contributed by atoms with E-state index < -0.39 is 0 Å². The molecule has 0 bridgehead atoms. The van der Waals surface area contributed by atoms with Gasteiger partial charge in [0.15, 0.2) is 0 Å². The third-order valence-corrected chi connectivity index (χ3v) is 3.84. The molecule has 1 atom stereocenters. The zero-order chi connectivity index (χ0) is 10.8. The molecule has 0 spiro atoms. The molecule has 1 fully saturated rings. The lowest BCUT2D eigenvalue weighted by atomic mass is 10.1. The monoisotopic (exact) mass is 221 g/mol. The Morgan fingerprint density at radius 3 is 2.60 bits per heavy atom. The zero-order valence-corrected chi connectivity index (χ0v) is 9.88. The summed E-state index contributed by atoms with van der Waals surface area (Å²) in [6.07, 6.45) is 0. The molecule has 0 radical (unpaired) electrons. The maximum Gasteiger partial charge on any atom is 0.254 e.